The Morgan fingerprint density at radius 3 is 2.83 bits per heavy atom. The third-order valence-electron chi connectivity index (χ3n) is 4.20. The van der Waals surface area contributed by atoms with Gasteiger partial charge < -0.3 is 24.1 Å². The molecule has 3 heterocycles. The maximum Gasteiger partial charge on any atom is 0.286 e. The average Bonchev–Trinajstić information content (AvgIpc) is 3.28. The summed E-state index contributed by atoms with van der Waals surface area (Å²) < 4.78 is 16.1. The van der Waals surface area contributed by atoms with Crippen molar-refractivity contribution in [2.75, 3.05) is 26.3 Å². The number of nitrogens with zero attached hydrogens (tertiary/aromatic N) is 1. The monoisotopic (exact) mass is 322 g/mol. The van der Waals surface area contributed by atoms with Crippen LogP contribution in [0.15, 0.2) is 22.8 Å². The molecule has 2 amide bonds. The first-order chi connectivity index (χ1) is 11.3. The number of hydrogen-bond donors (Lipinski definition) is 1. The summed E-state index contributed by atoms with van der Waals surface area (Å²) in [6.45, 7) is 2.18. The van der Waals surface area contributed by atoms with Crippen molar-refractivity contribution in [1.82, 2.24) is 10.2 Å². The van der Waals surface area contributed by atoms with Gasteiger partial charge in [0.1, 0.15) is 0 Å². The summed E-state index contributed by atoms with van der Waals surface area (Å²) in [5.41, 5.74) is 0. The van der Waals surface area contributed by atoms with Gasteiger partial charge in [-0.05, 0) is 31.4 Å². The lowest BCUT2D eigenvalue weighted by Crippen LogP contribution is -2.50. The summed E-state index contributed by atoms with van der Waals surface area (Å²) >= 11 is 0. The number of carbonyl (C=O) groups excluding carboxylic acids is 2. The molecule has 1 aromatic rings. The average molecular weight is 322 g/mol. The number of amides is 2. The molecule has 1 atom stereocenters. The zero-order valence-electron chi connectivity index (χ0n) is 13.0. The third kappa shape index (κ3) is 3.92. The molecule has 7 heteroatoms. The molecule has 0 aliphatic carbocycles. The summed E-state index contributed by atoms with van der Waals surface area (Å²) in [4.78, 5) is 26.1. The number of carbonyl (C=O) groups is 2. The highest BCUT2D eigenvalue weighted by Gasteiger charge is 2.35. The zero-order valence-corrected chi connectivity index (χ0v) is 13.0. The van der Waals surface area contributed by atoms with Crippen LogP contribution in [0.3, 0.4) is 0 Å². The van der Waals surface area contributed by atoms with Crippen LogP contribution in [0.2, 0.25) is 0 Å². The van der Waals surface area contributed by atoms with Gasteiger partial charge in [-0.1, -0.05) is 0 Å². The van der Waals surface area contributed by atoms with Gasteiger partial charge >= 0.3 is 0 Å². The van der Waals surface area contributed by atoms with Gasteiger partial charge in [0.05, 0.1) is 25.5 Å². The van der Waals surface area contributed by atoms with E-state index in [-0.39, 0.29) is 42.9 Å². The van der Waals surface area contributed by atoms with Crippen molar-refractivity contribution in [2.45, 2.75) is 38.0 Å². The van der Waals surface area contributed by atoms with Gasteiger partial charge in [0.15, 0.2) is 12.1 Å². The molecule has 0 bridgehead atoms. The van der Waals surface area contributed by atoms with Gasteiger partial charge in [-0.3, -0.25) is 9.59 Å². The van der Waals surface area contributed by atoms with Crippen molar-refractivity contribution in [3.8, 4) is 0 Å². The first-order valence-electron chi connectivity index (χ1n) is 8.10. The topological polar surface area (TPSA) is 81.0 Å². The minimum atomic E-state index is -0.308. The molecule has 2 fully saturated rings. The largest absolute Gasteiger partial charge is 0.459 e. The van der Waals surface area contributed by atoms with Crippen molar-refractivity contribution >= 4 is 11.8 Å². The summed E-state index contributed by atoms with van der Waals surface area (Å²) in [6.07, 6.45) is 4.36. The Hall–Kier alpha value is -1.86. The lowest BCUT2D eigenvalue weighted by Gasteiger charge is -2.38. The van der Waals surface area contributed by atoms with Gasteiger partial charge in [-0.15, -0.1) is 0 Å². The molecular formula is C16H22N2O5. The van der Waals surface area contributed by atoms with Crippen LogP contribution in [0.1, 0.15) is 36.2 Å². The lowest BCUT2D eigenvalue weighted by atomic mass is 10.0. The first-order valence-corrected chi connectivity index (χ1v) is 8.10. The maximum absolute atomic E-state index is 12.5. The van der Waals surface area contributed by atoms with Crippen molar-refractivity contribution < 1.29 is 23.5 Å². The second kappa shape index (κ2) is 7.61. The van der Waals surface area contributed by atoms with Gasteiger partial charge in [-0.2, -0.15) is 0 Å². The molecule has 3 rings (SSSR count). The van der Waals surface area contributed by atoms with Gasteiger partial charge in [0, 0.05) is 19.5 Å². The van der Waals surface area contributed by atoms with Crippen LogP contribution in [0, 0.1) is 0 Å². The molecular weight excluding hydrogens is 300 g/mol. The summed E-state index contributed by atoms with van der Waals surface area (Å²) in [5, 5.41) is 2.70. The second-order valence-electron chi connectivity index (χ2n) is 5.74. The molecule has 0 saturated carbocycles. The molecule has 2 saturated heterocycles. The molecule has 126 valence electrons. The predicted octanol–water partition coefficient (Wildman–Crippen LogP) is 1.15. The second-order valence-corrected chi connectivity index (χ2v) is 5.74. The van der Waals surface area contributed by atoms with E-state index in [0.29, 0.717) is 13.2 Å². The van der Waals surface area contributed by atoms with Gasteiger partial charge in [-0.25, -0.2) is 0 Å². The highest BCUT2D eigenvalue weighted by molar-refractivity contribution is 5.91. The van der Waals surface area contributed by atoms with Crippen LogP contribution in [0.5, 0.6) is 0 Å². The van der Waals surface area contributed by atoms with Crippen LogP contribution in [-0.2, 0) is 14.3 Å². The predicted molar refractivity (Wildman–Crippen MR) is 80.7 cm³/mol. The standard InChI is InChI=1S/C16H22N2O5/c19-14(6-7-17-15(20)13-5-3-9-21-13)18-8-2-1-4-12(18)16-22-10-11-23-16/h3,5,9,12,16H,1-2,4,6-8,10-11H2,(H,17,20). The highest BCUT2D eigenvalue weighted by atomic mass is 16.7. The van der Waals surface area contributed by atoms with E-state index >= 15 is 0 Å². The van der Waals surface area contributed by atoms with Crippen LogP contribution in [0.4, 0.5) is 0 Å². The van der Waals surface area contributed by atoms with E-state index < -0.39 is 0 Å². The quantitative estimate of drug-likeness (QED) is 0.879. The Kier molecular flexibility index (Phi) is 5.30. The highest BCUT2D eigenvalue weighted by Crippen LogP contribution is 2.24. The Morgan fingerprint density at radius 2 is 2.09 bits per heavy atom. The molecule has 1 unspecified atom stereocenters. The van der Waals surface area contributed by atoms with Gasteiger partial charge in [0.25, 0.3) is 5.91 Å². The normalized spacial score (nSPS) is 22.3. The van der Waals surface area contributed by atoms with E-state index in [1.54, 1.807) is 12.1 Å². The molecule has 7 nitrogen and oxygen atoms in total. The summed E-state index contributed by atoms with van der Waals surface area (Å²) in [6, 6.07) is 3.23. The fourth-order valence-corrected chi connectivity index (χ4v) is 3.07. The van der Waals surface area contributed by atoms with Gasteiger partial charge in [0.2, 0.25) is 5.91 Å². The Labute approximate surface area is 134 Å². The van der Waals surface area contributed by atoms with Crippen LogP contribution < -0.4 is 5.32 Å². The van der Waals surface area contributed by atoms with Crippen LogP contribution in [0.25, 0.3) is 0 Å². The number of ether oxygens (including phenoxy) is 2. The molecule has 0 spiro atoms. The minimum Gasteiger partial charge on any atom is -0.459 e. The zero-order chi connectivity index (χ0) is 16.1. The SMILES string of the molecule is O=C(NCCC(=O)N1CCCCC1C1OCCO1)c1ccco1. The first kappa shape index (κ1) is 16.0. The van der Waals surface area contributed by atoms with E-state index in [9.17, 15) is 9.59 Å². The fourth-order valence-electron chi connectivity index (χ4n) is 3.07. The molecule has 1 N–H and O–H groups in total. The van der Waals surface area contributed by atoms with E-state index in [2.05, 4.69) is 5.32 Å². The van der Waals surface area contributed by atoms with E-state index in [1.165, 1.54) is 6.26 Å². The third-order valence-corrected chi connectivity index (χ3v) is 4.20. The number of piperidine rings is 1. The van der Waals surface area contributed by atoms with E-state index in [0.717, 1.165) is 25.8 Å². The molecule has 2 aliphatic rings. The molecule has 0 radical (unpaired) electrons. The number of likely N-dealkylation sites (tertiary alicyclic amines) is 1. The summed E-state index contributed by atoms with van der Waals surface area (Å²) in [7, 11) is 0. The number of furan rings is 1. The minimum absolute atomic E-state index is 0.0143. The maximum atomic E-state index is 12.5. The van der Waals surface area contributed by atoms with Crippen molar-refractivity contribution in [2.24, 2.45) is 0 Å². The Morgan fingerprint density at radius 1 is 1.26 bits per heavy atom. The van der Waals surface area contributed by atoms with Crippen molar-refractivity contribution in [1.29, 1.82) is 0 Å². The number of hydrogen-bond acceptors (Lipinski definition) is 5. The molecule has 2 aliphatic heterocycles. The Balaban J connectivity index is 1.48. The Bertz CT molecular complexity index is 525. The number of rotatable bonds is 5. The van der Waals surface area contributed by atoms with E-state index in [4.69, 9.17) is 13.9 Å². The van der Waals surface area contributed by atoms with Crippen LogP contribution >= 0.6 is 0 Å². The van der Waals surface area contributed by atoms with Crippen molar-refractivity contribution in [3.63, 3.8) is 0 Å². The smallest absolute Gasteiger partial charge is 0.286 e. The lowest BCUT2D eigenvalue weighted by molar-refractivity contribution is -0.150. The molecule has 1 aromatic heterocycles. The fraction of sp³-hybridized carbons (Fsp3) is 0.625. The molecule has 0 aromatic carbocycles. The molecule has 23 heavy (non-hydrogen) atoms. The number of nitrogens with one attached hydrogen (secondary N) is 1. The summed E-state index contributed by atoms with van der Waals surface area (Å²) in [5.74, 6) is -0.0324. The van der Waals surface area contributed by atoms with Crippen LogP contribution in [-0.4, -0.2) is 55.3 Å². The van der Waals surface area contributed by atoms with Crippen molar-refractivity contribution in [3.05, 3.63) is 24.2 Å². The van der Waals surface area contributed by atoms with E-state index in [1.807, 2.05) is 4.90 Å².